The van der Waals surface area contributed by atoms with Gasteiger partial charge < -0.3 is 15.7 Å². The average molecular weight is 340 g/mol. The molecule has 132 valence electrons. The number of nitrogens with two attached hydrogens (primary N) is 1. The van der Waals surface area contributed by atoms with Gasteiger partial charge in [-0.3, -0.25) is 9.89 Å². The molecular weight excluding hydrogens is 316 g/mol. The van der Waals surface area contributed by atoms with Crippen LogP contribution in [0.5, 0.6) is 0 Å². The number of aliphatic hydroxyl groups excluding tert-OH is 1. The van der Waals surface area contributed by atoms with Crippen molar-refractivity contribution < 1.29 is 9.90 Å². The SMILES string of the molecule is CC1(C)C[C@]2(CO)CN(C(=O)c3[nH]nc(N)c3-c3ccccc3)C[C@H]12. The minimum absolute atomic E-state index is 0.0962. The summed E-state index contributed by atoms with van der Waals surface area (Å²) in [5.74, 6) is 0.560. The average Bonchev–Trinajstić information content (AvgIpc) is 3.14. The molecule has 0 unspecified atom stereocenters. The quantitative estimate of drug-likeness (QED) is 0.798. The Morgan fingerprint density at radius 2 is 2.12 bits per heavy atom. The number of benzene rings is 1. The Morgan fingerprint density at radius 1 is 1.40 bits per heavy atom. The van der Waals surface area contributed by atoms with Crippen molar-refractivity contribution in [1.82, 2.24) is 15.1 Å². The van der Waals surface area contributed by atoms with E-state index in [4.69, 9.17) is 5.73 Å². The summed E-state index contributed by atoms with van der Waals surface area (Å²) in [7, 11) is 0. The van der Waals surface area contributed by atoms with Gasteiger partial charge in [0.25, 0.3) is 5.91 Å². The lowest BCUT2D eigenvalue weighted by Crippen LogP contribution is -2.54. The molecule has 4 rings (SSSR count). The molecule has 1 aliphatic heterocycles. The number of nitrogen functional groups attached to an aromatic ring is 1. The lowest BCUT2D eigenvalue weighted by molar-refractivity contribution is -0.0977. The zero-order valence-corrected chi connectivity index (χ0v) is 14.6. The van der Waals surface area contributed by atoms with Crippen LogP contribution < -0.4 is 5.73 Å². The maximum Gasteiger partial charge on any atom is 0.272 e. The maximum absolute atomic E-state index is 13.2. The van der Waals surface area contributed by atoms with Crippen molar-refractivity contribution >= 4 is 11.7 Å². The van der Waals surface area contributed by atoms with E-state index in [1.54, 1.807) is 0 Å². The van der Waals surface area contributed by atoms with Crippen LogP contribution in [0.3, 0.4) is 0 Å². The molecule has 0 radical (unpaired) electrons. The molecule has 2 heterocycles. The van der Waals surface area contributed by atoms with Crippen molar-refractivity contribution in [2.45, 2.75) is 20.3 Å². The monoisotopic (exact) mass is 340 g/mol. The van der Waals surface area contributed by atoms with E-state index in [-0.39, 0.29) is 23.3 Å². The van der Waals surface area contributed by atoms with Gasteiger partial charge in [-0.2, -0.15) is 5.10 Å². The number of hydrogen-bond acceptors (Lipinski definition) is 4. The van der Waals surface area contributed by atoms with Crippen LogP contribution >= 0.6 is 0 Å². The van der Waals surface area contributed by atoms with Gasteiger partial charge in [0.05, 0.1) is 12.2 Å². The molecule has 25 heavy (non-hydrogen) atoms. The van der Waals surface area contributed by atoms with E-state index in [2.05, 4.69) is 24.0 Å². The number of likely N-dealkylation sites (tertiary alicyclic amines) is 1. The van der Waals surface area contributed by atoms with E-state index >= 15 is 0 Å². The molecule has 4 N–H and O–H groups in total. The third-order valence-corrected chi connectivity index (χ3v) is 6.07. The van der Waals surface area contributed by atoms with Crippen LogP contribution in [0.1, 0.15) is 30.8 Å². The van der Waals surface area contributed by atoms with Crippen LogP contribution in [0.2, 0.25) is 0 Å². The summed E-state index contributed by atoms with van der Waals surface area (Å²) < 4.78 is 0. The molecule has 0 bridgehead atoms. The van der Waals surface area contributed by atoms with Crippen molar-refractivity contribution in [3.63, 3.8) is 0 Å². The predicted molar refractivity (Wildman–Crippen MR) is 95.7 cm³/mol. The minimum Gasteiger partial charge on any atom is -0.396 e. The number of nitrogens with zero attached hydrogens (tertiary/aromatic N) is 2. The van der Waals surface area contributed by atoms with E-state index in [1.807, 2.05) is 35.2 Å². The van der Waals surface area contributed by atoms with E-state index in [9.17, 15) is 9.90 Å². The Labute approximate surface area is 147 Å². The summed E-state index contributed by atoms with van der Waals surface area (Å²) >= 11 is 0. The summed E-state index contributed by atoms with van der Waals surface area (Å²) in [5, 5.41) is 16.8. The number of nitrogens with one attached hydrogen (secondary N) is 1. The first kappa shape index (κ1) is 16.1. The number of aromatic amines is 1. The zero-order valence-electron chi connectivity index (χ0n) is 14.6. The lowest BCUT2D eigenvalue weighted by atomic mass is 9.48. The van der Waals surface area contributed by atoms with Crippen molar-refractivity contribution in [2.24, 2.45) is 16.7 Å². The van der Waals surface area contributed by atoms with Gasteiger partial charge in [0.15, 0.2) is 5.82 Å². The highest BCUT2D eigenvalue weighted by molar-refractivity contribution is 6.01. The Hall–Kier alpha value is -2.34. The molecule has 6 nitrogen and oxygen atoms in total. The number of H-pyrrole nitrogens is 1. The highest BCUT2D eigenvalue weighted by Crippen LogP contribution is 2.62. The molecule has 2 fully saturated rings. The molecule has 1 aliphatic carbocycles. The molecule has 0 spiro atoms. The summed E-state index contributed by atoms with van der Waals surface area (Å²) in [5.41, 5.74) is 7.98. The van der Waals surface area contributed by atoms with Crippen LogP contribution in [0.25, 0.3) is 11.1 Å². The molecule has 2 aromatic rings. The number of aliphatic hydroxyl groups is 1. The van der Waals surface area contributed by atoms with Gasteiger partial charge in [0, 0.05) is 18.5 Å². The Morgan fingerprint density at radius 3 is 2.72 bits per heavy atom. The van der Waals surface area contributed by atoms with Gasteiger partial charge in [-0.1, -0.05) is 44.2 Å². The van der Waals surface area contributed by atoms with Crippen LogP contribution in [0, 0.1) is 16.7 Å². The van der Waals surface area contributed by atoms with Gasteiger partial charge in [-0.05, 0) is 23.3 Å². The Balaban J connectivity index is 1.66. The van der Waals surface area contributed by atoms with Gasteiger partial charge in [0.1, 0.15) is 5.69 Å². The first-order valence-corrected chi connectivity index (χ1v) is 8.67. The summed E-state index contributed by atoms with van der Waals surface area (Å²) in [6.45, 7) is 5.80. The molecule has 1 amide bonds. The second-order valence-corrected chi connectivity index (χ2v) is 8.15. The largest absolute Gasteiger partial charge is 0.396 e. The predicted octanol–water partition coefficient (Wildman–Crippen LogP) is 2.14. The summed E-state index contributed by atoms with van der Waals surface area (Å²) in [6.07, 6.45) is 0.946. The molecule has 6 heteroatoms. The zero-order chi connectivity index (χ0) is 17.8. The van der Waals surface area contributed by atoms with E-state index in [0.29, 0.717) is 36.1 Å². The molecule has 1 aromatic heterocycles. The topological polar surface area (TPSA) is 95.2 Å². The number of hydrogen-bond donors (Lipinski definition) is 3. The fourth-order valence-electron chi connectivity index (χ4n) is 5.06. The number of rotatable bonds is 3. The normalized spacial score (nSPS) is 27.0. The molecule has 1 saturated carbocycles. The Kier molecular flexibility index (Phi) is 3.44. The number of aromatic nitrogens is 2. The molecule has 1 aromatic carbocycles. The second-order valence-electron chi connectivity index (χ2n) is 8.15. The number of carbonyl (C=O) groups excluding carboxylic acids is 1. The fourth-order valence-corrected chi connectivity index (χ4v) is 5.06. The van der Waals surface area contributed by atoms with E-state index in [0.717, 1.165) is 12.0 Å². The van der Waals surface area contributed by atoms with E-state index < -0.39 is 0 Å². The third kappa shape index (κ3) is 2.28. The van der Waals surface area contributed by atoms with Crippen molar-refractivity contribution in [3.05, 3.63) is 36.0 Å². The minimum atomic E-state index is -0.155. The van der Waals surface area contributed by atoms with Gasteiger partial charge in [-0.15, -0.1) is 0 Å². The third-order valence-electron chi connectivity index (χ3n) is 6.07. The number of amides is 1. The standard InChI is InChI=1S/C19H24N4O2/c1-18(2)9-19(11-24)10-23(8-13(18)19)17(25)15-14(16(20)22-21-15)12-6-4-3-5-7-12/h3-7,13,24H,8-11H2,1-2H3,(H3,20,21,22)/t13-,19-/m1/s1. The molecule has 1 saturated heterocycles. The van der Waals surface area contributed by atoms with E-state index in [1.165, 1.54) is 0 Å². The maximum atomic E-state index is 13.2. The Bertz CT molecular complexity index is 814. The van der Waals surface area contributed by atoms with Gasteiger partial charge in [-0.25, -0.2) is 0 Å². The van der Waals surface area contributed by atoms with Crippen molar-refractivity contribution in [3.8, 4) is 11.1 Å². The van der Waals surface area contributed by atoms with Crippen LogP contribution in [-0.2, 0) is 0 Å². The smallest absolute Gasteiger partial charge is 0.272 e. The number of anilines is 1. The highest BCUT2D eigenvalue weighted by Gasteiger charge is 2.63. The molecule has 2 aliphatic rings. The molecule has 2 atom stereocenters. The molecular formula is C19H24N4O2. The van der Waals surface area contributed by atoms with Crippen LogP contribution in [0.4, 0.5) is 5.82 Å². The summed E-state index contributed by atoms with van der Waals surface area (Å²) in [6, 6.07) is 9.59. The van der Waals surface area contributed by atoms with Crippen molar-refractivity contribution in [1.29, 1.82) is 0 Å². The second kappa shape index (κ2) is 5.33. The highest BCUT2D eigenvalue weighted by atomic mass is 16.3. The fraction of sp³-hybridized carbons (Fsp3) is 0.474. The summed E-state index contributed by atoms with van der Waals surface area (Å²) in [4.78, 5) is 15.0. The lowest BCUT2D eigenvalue weighted by Gasteiger charge is -2.55. The first-order chi connectivity index (χ1) is 11.9. The van der Waals surface area contributed by atoms with Gasteiger partial charge in [0.2, 0.25) is 0 Å². The van der Waals surface area contributed by atoms with Crippen LogP contribution in [0.15, 0.2) is 30.3 Å². The number of fused-ring (bicyclic) bond motifs is 1. The van der Waals surface area contributed by atoms with Gasteiger partial charge >= 0.3 is 0 Å². The van der Waals surface area contributed by atoms with Crippen molar-refractivity contribution in [2.75, 3.05) is 25.4 Å². The van der Waals surface area contributed by atoms with Crippen LogP contribution in [-0.4, -0.2) is 45.8 Å². The number of carbonyl (C=O) groups is 1. The first-order valence-electron chi connectivity index (χ1n) is 8.67.